The van der Waals surface area contributed by atoms with Crippen LogP contribution in [0.15, 0.2) is 84.9 Å². The minimum absolute atomic E-state index is 0.694. The minimum atomic E-state index is -0.694. The van der Waals surface area contributed by atoms with E-state index in [-0.39, 0.29) is 0 Å². The molecule has 2 saturated heterocycles. The molecule has 0 aliphatic carbocycles. The molecule has 3 heterocycles. The van der Waals surface area contributed by atoms with Gasteiger partial charge < -0.3 is 19.3 Å². The molecule has 0 aromatic heterocycles. The SMILES string of the molecule is COc1ccc2c3c(ccc2c1)OC(c1ccc(N2CCCC2)cc1)(c1ccc(N2CCCC2)cc1)C=C3. The molecule has 4 nitrogen and oxygen atoms in total. The maximum Gasteiger partial charge on any atom is 0.178 e. The van der Waals surface area contributed by atoms with E-state index < -0.39 is 5.60 Å². The summed E-state index contributed by atoms with van der Waals surface area (Å²) in [5, 5.41) is 2.32. The van der Waals surface area contributed by atoms with Gasteiger partial charge in [-0.3, -0.25) is 0 Å². The Kier molecular flexibility index (Phi) is 5.76. The molecule has 0 saturated carbocycles. The van der Waals surface area contributed by atoms with Crippen molar-refractivity contribution in [2.75, 3.05) is 43.1 Å². The summed E-state index contributed by atoms with van der Waals surface area (Å²) in [7, 11) is 1.71. The molecule has 4 heteroatoms. The van der Waals surface area contributed by atoms with Crippen LogP contribution in [-0.4, -0.2) is 33.3 Å². The fraction of sp³-hybridized carbons (Fsp3) is 0.294. The van der Waals surface area contributed by atoms with Crippen molar-refractivity contribution in [1.82, 2.24) is 0 Å². The molecule has 0 atom stereocenters. The number of methoxy groups -OCH3 is 1. The molecule has 4 aromatic carbocycles. The number of rotatable bonds is 5. The lowest BCUT2D eigenvalue weighted by Gasteiger charge is -2.37. The van der Waals surface area contributed by atoms with E-state index in [1.54, 1.807) is 7.11 Å². The molecule has 192 valence electrons. The molecule has 4 aromatic rings. The number of nitrogens with zero attached hydrogens (tertiary/aromatic N) is 2. The lowest BCUT2D eigenvalue weighted by atomic mass is 9.83. The fourth-order valence-electron chi connectivity index (χ4n) is 6.38. The number of hydrogen-bond donors (Lipinski definition) is 0. The zero-order valence-corrected chi connectivity index (χ0v) is 22.0. The van der Waals surface area contributed by atoms with Gasteiger partial charge in [0.25, 0.3) is 0 Å². The first kappa shape index (κ1) is 23.2. The van der Waals surface area contributed by atoms with E-state index in [2.05, 4.69) is 94.7 Å². The summed E-state index contributed by atoms with van der Waals surface area (Å²) in [6.45, 7) is 4.57. The van der Waals surface area contributed by atoms with Crippen LogP contribution >= 0.6 is 0 Å². The molecule has 0 spiro atoms. The van der Waals surface area contributed by atoms with E-state index in [9.17, 15) is 0 Å². The third-order valence-electron chi connectivity index (χ3n) is 8.52. The molecule has 0 N–H and O–H groups in total. The third kappa shape index (κ3) is 3.91. The lowest BCUT2D eigenvalue weighted by molar-refractivity contribution is 0.161. The van der Waals surface area contributed by atoms with E-state index in [0.29, 0.717) is 0 Å². The topological polar surface area (TPSA) is 24.9 Å². The van der Waals surface area contributed by atoms with Gasteiger partial charge in [0.05, 0.1) is 7.11 Å². The normalized spacial score (nSPS) is 18.0. The average molecular weight is 503 g/mol. The fourth-order valence-corrected chi connectivity index (χ4v) is 6.38. The van der Waals surface area contributed by atoms with E-state index >= 15 is 0 Å². The Morgan fingerprint density at radius 3 is 1.82 bits per heavy atom. The zero-order chi connectivity index (χ0) is 25.5. The Morgan fingerprint density at radius 2 is 1.26 bits per heavy atom. The van der Waals surface area contributed by atoms with Crippen molar-refractivity contribution in [3.63, 3.8) is 0 Å². The number of hydrogen-bond acceptors (Lipinski definition) is 4. The van der Waals surface area contributed by atoms with Crippen LogP contribution in [0.1, 0.15) is 42.4 Å². The number of anilines is 2. The Balaban J connectivity index is 1.32. The summed E-state index contributed by atoms with van der Waals surface area (Å²) >= 11 is 0. The van der Waals surface area contributed by atoms with Gasteiger partial charge in [-0.25, -0.2) is 0 Å². The second-order valence-corrected chi connectivity index (χ2v) is 10.7. The largest absolute Gasteiger partial charge is 0.497 e. The molecule has 7 rings (SSSR count). The van der Waals surface area contributed by atoms with Crippen LogP contribution in [0.4, 0.5) is 11.4 Å². The van der Waals surface area contributed by atoms with Crippen molar-refractivity contribution >= 4 is 28.2 Å². The van der Waals surface area contributed by atoms with Gasteiger partial charge in [0.1, 0.15) is 11.5 Å². The maximum atomic E-state index is 7.04. The first-order valence-corrected chi connectivity index (χ1v) is 13.9. The number of benzene rings is 4. The highest BCUT2D eigenvalue weighted by atomic mass is 16.5. The minimum Gasteiger partial charge on any atom is -0.497 e. The quantitative estimate of drug-likeness (QED) is 0.284. The second-order valence-electron chi connectivity index (χ2n) is 10.7. The van der Waals surface area contributed by atoms with Gasteiger partial charge in [-0.05, 0) is 97.1 Å². The second kappa shape index (κ2) is 9.43. The van der Waals surface area contributed by atoms with Gasteiger partial charge in [0.2, 0.25) is 0 Å². The monoisotopic (exact) mass is 502 g/mol. The van der Waals surface area contributed by atoms with Gasteiger partial charge in [0.15, 0.2) is 5.60 Å². The summed E-state index contributed by atoms with van der Waals surface area (Å²) < 4.78 is 12.5. The third-order valence-corrected chi connectivity index (χ3v) is 8.52. The smallest absolute Gasteiger partial charge is 0.178 e. The Hall–Kier alpha value is -3.92. The van der Waals surface area contributed by atoms with Crippen LogP contribution in [-0.2, 0) is 5.60 Å². The molecule has 0 bridgehead atoms. The van der Waals surface area contributed by atoms with Crippen LogP contribution in [0.5, 0.6) is 11.5 Å². The summed E-state index contributed by atoms with van der Waals surface area (Å²) in [6, 6.07) is 28.5. The summed E-state index contributed by atoms with van der Waals surface area (Å²) in [4.78, 5) is 4.96. The van der Waals surface area contributed by atoms with Crippen molar-refractivity contribution in [3.05, 3.63) is 102 Å². The maximum absolute atomic E-state index is 7.04. The summed E-state index contributed by atoms with van der Waals surface area (Å²) in [5.41, 5.74) is 5.30. The highest BCUT2D eigenvalue weighted by Gasteiger charge is 2.37. The Bertz CT molecular complexity index is 1420. The molecule has 2 fully saturated rings. The molecule has 3 aliphatic heterocycles. The highest BCUT2D eigenvalue weighted by molar-refractivity contribution is 5.94. The van der Waals surface area contributed by atoms with Crippen LogP contribution in [0.25, 0.3) is 16.8 Å². The van der Waals surface area contributed by atoms with E-state index in [1.807, 2.05) is 6.07 Å². The van der Waals surface area contributed by atoms with E-state index in [0.717, 1.165) is 59.8 Å². The van der Waals surface area contributed by atoms with Gasteiger partial charge in [-0.1, -0.05) is 30.3 Å². The van der Waals surface area contributed by atoms with Crippen molar-refractivity contribution in [2.45, 2.75) is 31.3 Å². The van der Waals surface area contributed by atoms with E-state index in [4.69, 9.17) is 9.47 Å². The zero-order valence-electron chi connectivity index (χ0n) is 22.0. The molecule has 0 radical (unpaired) electrons. The molecular weight excluding hydrogens is 468 g/mol. The predicted octanol–water partition coefficient (Wildman–Crippen LogP) is 7.40. The number of fused-ring (bicyclic) bond motifs is 3. The first-order valence-electron chi connectivity index (χ1n) is 13.9. The Labute approximate surface area is 225 Å². The van der Waals surface area contributed by atoms with Crippen molar-refractivity contribution < 1.29 is 9.47 Å². The lowest BCUT2D eigenvalue weighted by Crippen LogP contribution is -2.34. The van der Waals surface area contributed by atoms with Crippen LogP contribution in [0, 0.1) is 0 Å². The van der Waals surface area contributed by atoms with Gasteiger partial charge in [0, 0.05) is 54.2 Å². The van der Waals surface area contributed by atoms with Gasteiger partial charge in [-0.2, -0.15) is 0 Å². The average Bonchev–Trinajstić information content (AvgIpc) is 3.72. The Morgan fingerprint density at radius 1 is 0.684 bits per heavy atom. The first-order chi connectivity index (χ1) is 18.7. The molecule has 3 aliphatic rings. The van der Waals surface area contributed by atoms with Gasteiger partial charge in [-0.15, -0.1) is 0 Å². The molecule has 0 unspecified atom stereocenters. The van der Waals surface area contributed by atoms with Gasteiger partial charge >= 0.3 is 0 Å². The molecule has 0 amide bonds. The van der Waals surface area contributed by atoms with Crippen LogP contribution < -0.4 is 19.3 Å². The summed E-state index contributed by atoms with van der Waals surface area (Å²) in [5.74, 6) is 1.76. The van der Waals surface area contributed by atoms with Crippen molar-refractivity contribution in [3.8, 4) is 11.5 Å². The standard InChI is InChI=1S/C34H34N2O2/c1-37-30-15-16-31-25(24-30)6-17-33-32(31)18-19-34(38-33,26-7-11-28(12-8-26)35-20-2-3-21-35)27-9-13-29(14-10-27)36-22-4-5-23-36/h6-19,24H,2-5,20-23H2,1H3. The summed E-state index contributed by atoms with van der Waals surface area (Å²) in [6.07, 6.45) is 9.59. The van der Waals surface area contributed by atoms with Crippen molar-refractivity contribution in [1.29, 1.82) is 0 Å². The molecule has 38 heavy (non-hydrogen) atoms. The van der Waals surface area contributed by atoms with E-state index in [1.165, 1.54) is 42.4 Å². The highest BCUT2D eigenvalue weighted by Crippen LogP contribution is 2.45. The van der Waals surface area contributed by atoms with Crippen LogP contribution in [0.3, 0.4) is 0 Å². The molecular formula is C34H34N2O2. The number of ether oxygens (including phenoxy) is 2. The van der Waals surface area contributed by atoms with Crippen molar-refractivity contribution in [2.24, 2.45) is 0 Å². The predicted molar refractivity (Wildman–Crippen MR) is 157 cm³/mol. The van der Waals surface area contributed by atoms with Crippen LogP contribution in [0.2, 0.25) is 0 Å².